The molecule has 1 heterocycles. The number of nitrogen functional groups attached to an aromatic ring is 1. The Hall–Kier alpha value is -2.76. The lowest BCUT2D eigenvalue weighted by Gasteiger charge is -2.09. The van der Waals surface area contributed by atoms with E-state index in [1.54, 1.807) is 0 Å². The summed E-state index contributed by atoms with van der Waals surface area (Å²) in [7, 11) is 0. The molecule has 0 fully saturated rings. The Morgan fingerprint density at radius 1 is 1.19 bits per heavy atom. The molecule has 0 bridgehead atoms. The van der Waals surface area contributed by atoms with E-state index >= 15 is 0 Å². The first-order chi connectivity index (χ1) is 10.1. The van der Waals surface area contributed by atoms with Crippen molar-refractivity contribution in [1.29, 1.82) is 0 Å². The second-order valence-electron chi connectivity index (χ2n) is 4.44. The second-order valence-corrected chi connectivity index (χ2v) is 4.44. The number of pyridine rings is 1. The molecule has 0 spiro atoms. The van der Waals surface area contributed by atoms with Gasteiger partial charge in [0.25, 0.3) is 5.56 Å². The summed E-state index contributed by atoms with van der Waals surface area (Å²) in [5.74, 6) is 0.484. The summed E-state index contributed by atoms with van der Waals surface area (Å²) < 4.78 is 6.71. The Labute approximate surface area is 122 Å². The van der Waals surface area contributed by atoms with E-state index in [-0.39, 0.29) is 18.0 Å². The zero-order valence-corrected chi connectivity index (χ0v) is 11.5. The maximum Gasteiger partial charge on any atom is 0.251 e. The van der Waals surface area contributed by atoms with Gasteiger partial charge in [-0.25, -0.2) is 0 Å². The minimum Gasteiger partial charge on any atom is -0.492 e. The summed E-state index contributed by atoms with van der Waals surface area (Å²) in [6.07, 6.45) is 1.45. The first-order valence-corrected chi connectivity index (χ1v) is 6.55. The van der Waals surface area contributed by atoms with Crippen molar-refractivity contribution in [1.82, 2.24) is 9.88 Å². The fraction of sp³-hybridized carbons (Fsp3) is 0.200. The number of carbonyl (C=O) groups excluding carboxylic acids is 1. The van der Waals surface area contributed by atoms with Gasteiger partial charge in [-0.3, -0.25) is 9.59 Å². The Morgan fingerprint density at radius 3 is 2.71 bits per heavy atom. The molecule has 0 atom stereocenters. The molecule has 0 unspecified atom stereocenters. The SMILES string of the molecule is Nc1ccc(=O)n(CC(=O)NCCOc2ccccc2)c1. The average Bonchev–Trinajstić information content (AvgIpc) is 2.48. The van der Waals surface area contributed by atoms with Crippen LogP contribution in [0.1, 0.15) is 0 Å². The molecule has 1 amide bonds. The summed E-state index contributed by atoms with van der Waals surface area (Å²) in [4.78, 5) is 23.2. The third kappa shape index (κ3) is 4.68. The van der Waals surface area contributed by atoms with Crippen molar-refractivity contribution in [3.63, 3.8) is 0 Å². The van der Waals surface area contributed by atoms with Crippen molar-refractivity contribution in [3.05, 3.63) is 59.0 Å². The van der Waals surface area contributed by atoms with Gasteiger partial charge in [0.05, 0.1) is 6.54 Å². The number of hydrogen-bond donors (Lipinski definition) is 2. The van der Waals surface area contributed by atoms with Crippen molar-refractivity contribution in [2.75, 3.05) is 18.9 Å². The van der Waals surface area contributed by atoms with Crippen LogP contribution in [0.4, 0.5) is 5.69 Å². The van der Waals surface area contributed by atoms with Gasteiger partial charge in [-0.05, 0) is 18.2 Å². The predicted molar refractivity (Wildman–Crippen MR) is 80.1 cm³/mol. The highest BCUT2D eigenvalue weighted by molar-refractivity contribution is 5.75. The number of nitrogens with two attached hydrogens (primary N) is 1. The number of ether oxygens (including phenoxy) is 1. The van der Waals surface area contributed by atoms with Gasteiger partial charge >= 0.3 is 0 Å². The Morgan fingerprint density at radius 2 is 1.95 bits per heavy atom. The number of rotatable bonds is 6. The van der Waals surface area contributed by atoms with Crippen LogP contribution in [-0.2, 0) is 11.3 Å². The van der Waals surface area contributed by atoms with E-state index in [1.165, 1.54) is 22.9 Å². The number of anilines is 1. The van der Waals surface area contributed by atoms with Crippen LogP contribution in [0.15, 0.2) is 53.5 Å². The molecule has 0 aliphatic carbocycles. The van der Waals surface area contributed by atoms with Crippen molar-refractivity contribution < 1.29 is 9.53 Å². The number of carbonyl (C=O) groups is 1. The number of nitrogens with one attached hydrogen (secondary N) is 1. The van der Waals surface area contributed by atoms with E-state index in [2.05, 4.69) is 5.32 Å². The number of benzene rings is 1. The van der Waals surface area contributed by atoms with Gasteiger partial charge in [0.2, 0.25) is 5.91 Å². The summed E-state index contributed by atoms with van der Waals surface area (Å²) in [6.45, 7) is 0.668. The molecule has 0 radical (unpaired) electrons. The first-order valence-electron chi connectivity index (χ1n) is 6.55. The molecule has 2 aromatic rings. The molecule has 0 aliphatic rings. The third-order valence-electron chi connectivity index (χ3n) is 2.76. The van der Waals surface area contributed by atoms with Crippen molar-refractivity contribution >= 4 is 11.6 Å². The van der Waals surface area contributed by atoms with E-state index in [1.807, 2.05) is 30.3 Å². The summed E-state index contributed by atoms with van der Waals surface area (Å²) in [5, 5.41) is 2.68. The zero-order chi connectivity index (χ0) is 15.1. The molecule has 6 nitrogen and oxygen atoms in total. The molecule has 2 rings (SSSR count). The minimum atomic E-state index is -0.264. The molecule has 3 N–H and O–H groups in total. The molecule has 21 heavy (non-hydrogen) atoms. The van der Waals surface area contributed by atoms with Crippen LogP contribution in [0, 0.1) is 0 Å². The maximum atomic E-state index is 11.7. The van der Waals surface area contributed by atoms with E-state index < -0.39 is 0 Å². The average molecular weight is 287 g/mol. The molecule has 6 heteroatoms. The fourth-order valence-corrected chi connectivity index (χ4v) is 1.76. The molecule has 0 saturated carbocycles. The smallest absolute Gasteiger partial charge is 0.251 e. The largest absolute Gasteiger partial charge is 0.492 e. The molecule has 0 saturated heterocycles. The Balaban J connectivity index is 1.75. The number of nitrogens with zero attached hydrogens (tertiary/aromatic N) is 1. The number of aromatic nitrogens is 1. The van der Waals surface area contributed by atoms with Gasteiger partial charge in [0.15, 0.2) is 0 Å². The molecular formula is C15H17N3O3. The lowest BCUT2D eigenvalue weighted by Crippen LogP contribution is -2.34. The van der Waals surface area contributed by atoms with Crippen LogP contribution in [0.3, 0.4) is 0 Å². The number of amides is 1. The zero-order valence-electron chi connectivity index (χ0n) is 11.5. The van der Waals surface area contributed by atoms with Crippen LogP contribution in [0.2, 0.25) is 0 Å². The highest BCUT2D eigenvalue weighted by atomic mass is 16.5. The lowest BCUT2D eigenvalue weighted by atomic mass is 10.3. The first kappa shape index (κ1) is 14.6. The monoisotopic (exact) mass is 287 g/mol. The van der Waals surface area contributed by atoms with Crippen LogP contribution >= 0.6 is 0 Å². The van der Waals surface area contributed by atoms with Crippen LogP contribution in [0.25, 0.3) is 0 Å². The van der Waals surface area contributed by atoms with E-state index in [4.69, 9.17) is 10.5 Å². The van der Waals surface area contributed by atoms with E-state index in [9.17, 15) is 9.59 Å². The van der Waals surface area contributed by atoms with Crippen LogP contribution in [-0.4, -0.2) is 23.6 Å². The van der Waals surface area contributed by atoms with Gasteiger partial charge in [-0.1, -0.05) is 18.2 Å². The van der Waals surface area contributed by atoms with Crippen molar-refractivity contribution in [3.8, 4) is 5.75 Å². The van der Waals surface area contributed by atoms with Gasteiger partial charge < -0.3 is 20.4 Å². The van der Waals surface area contributed by atoms with E-state index in [0.29, 0.717) is 18.8 Å². The highest BCUT2D eigenvalue weighted by Crippen LogP contribution is 2.07. The normalized spacial score (nSPS) is 10.1. The van der Waals surface area contributed by atoms with Gasteiger partial charge in [-0.2, -0.15) is 0 Å². The quantitative estimate of drug-likeness (QED) is 0.763. The third-order valence-corrected chi connectivity index (χ3v) is 2.76. The van der Waals surface area contributed by atoms with Crippen molar-refractivity contribution in [2.45, 2.75) is 6.54 Å². The standard InChI is InChI=1S/C15H17N3O3/c16-12-6-7-15(20)18(10-12)11-14(19)17-8-9-21-13-4-2-1-3-5-13/h1-7,10H,8-9,11,16H2,(H,17,19). The molecular weight excluding hydrogens is 270 g/mol. The molecule has 0 aliphatic heterocycles. The number of hydrogen-bond acceptors (Lipinski definition) is 4. The minimum absolute atomic E-state index is 0.0603. The number of para-hydroxylation sites is 1. The fourth-order valence-electron chi connectivity index (χ4n) is 1.76. The summed E-state index contributed by atoms with van der Waals surface area (Å²) in [5.41, 5.74) is 5.75. The van der Waals surface area contributed by atoms with Gasteiger partial charge in [0, 0.05) is 18.0 Å². The Bertz CT molecular complexity index is 653. The van der Waals surface area contributed by atoms with Crippen molar-refractivity contribution in [2.24, 2.45) is 0 Å². The molecule has 1 aromatic carbocycles. The topological polar surface area (TPSA) is 86.4 Å². The maximum absolute atomic E-state index is 11.7. The summed E-state index contributed by atoms with van der Waals surface area (Å²) in [6, 6.07) is 12.2. The molecule has 1 aromatic heterocycles. The van der Waals surface area contributed by atoms with Crippen LogP contribution < -0.4 is 21.3 Å². The van der Waals surface area contributed by atoms with Crippen LogP contribution in [0.5, 0.6) is 5.75 Å². The Kier molecular flexibility index (Phi) is 4.98. The summed E-state index contributed by atoms with van der Waals surface area (Å²) >= 11 is 0. The lowest BCUT2D eigenvalue weighted by molar-refractivity contribution is -0.121. The van der Waals surface area contributed by atoms with E-state index in [0.717, 1.165) is 5.75 Å². The van der Waals surface area contributed by atoms with Gasteiger partial charge in [-0.15, -0.1) is 0 Å². The second kappa shape index (κ2) is 7.14. The molecule has 110 valence electrons. The predicted octanol–water partition coefficient (Wildman–Crippen LogP) is 0.626. The van der Waals surface area contributed by atoms with Gasteiger partial charge in [0.1, 0.15) is 18.9 Å². The highest BCUT2D eigenvalue weighted by Gasteiger charge is 2.04.